The zero-order chi connectivity index (χ0) is 21.1. The maximum atomic E-state index is 12.9. The third-order valence-electron chi connectivity index (χ3n) is 4.14. The highest BCUT2D eigenvalue weighted by Gasteiger charge is 2.36. The number of benzene rings is 2. The molecule has 0 aliphatic heterocycles. The van der Waals surface area contributed by atoms with E-state index in [-0.39, 0.29) is 30.8 Å². The summed E-state index contributed by atoms with van der Waals surface area (Å²) in [5.41, 5.74) is -2.11. The Morgan fingerprint density at radius 3 is 1.89 bits per heavy atom. The van der Waals surface area contributed by atoms with E-state index >= 15 is 0 Å². The van der Waals surface area contributed by atoms with Gasteiger partial charge in [0.25, 0.3) is 0 Å². The van der Waals surface area contributed by atoms with Gasteiger partial charge in [0.15, 0.2) is 0 Å². The van der Waals surface area contributed by atoms with Gasteiger partial charge in [0.2, 0.25) is 0 Å². The molecule has 0 aromatic heterocycles. The van der Waals surface area contributed by atoms with Crippen molar-refractivity contribution in [2.75, 3.05) is 6.61 Å². The van der Waals surface area contributed by atoms with Gasteiger partial charge in [0, 0.05) is 5.92 Å². The van der Waals surface area contributed by atoms with Crippen molar-refractivity contribution in [3.63, 3.8) is 0 Å². The molecule has 2 aromatic rings. The number of hydrogen-bond donors (Lipinski definition) is 0. The first-order valence-corrected chi connectivity index (χ1v) is 8.98. The molecular formula is C19H16Cl2F6O. The molecule has 0 aliphatic carbocycles. The molecule has 0 saturated heterocycles. The maximum absolute atomic E-state index is 12.9. The van der Waals surface area contributed by atoms with Gasteiger partial charge in [0.1, 0.15) is 0 Å². The summed E-state index contributed by atoms with van der Waals surface area (Å²) in [6.07, 6.45) is -9.14. The minimum Gasteiger partial charge on any atom is -0.376 e. The lowest BCUT2D eigenvalue weighted by Crippen LogP contribution is -2.13. The van der Waals surface area contributed by atoms with Crippen LogP contribution in [0.25, 0.3) is 0 Å². The third-order valence-corrected chi connectivity index (χ3v) is 4.88. The second kappa shape index (κ2) is 8.93. The summed E-state index contributed by atoms with van der Waals surface area (Å²) in [5.74, 6) is -0.136. The highest BCUT2D eigenvalue weighted by molar-refractivity contribution is 6.42. The Morgan fingerprint density at radius 1 is 0.857 bits per heavy atom. The minimum absolute atomic E-state index is 0.0913. The van der Waals surface area contributed by atoms with Gasteiger partial charge < -0.3 is 4.74 Å². The molecule has 1 nitrogen and oxygen atoms in total. The zero-order valence-electron chi connectivity index (χ0n) is 14.6. The van der Waals surface area contributed by atoms with Crippen LogP contribution < -0.4 is 0 Å². The predicted molar refractivity (Wildman–Crippen MR) is 95.6 cm³/mol. The van der Waals surface area contributed by atoms with Crippen LogP contribution in [0.3, 0.4) is 0 Å². The van der Waals surface area contributed by atoms with Crippen LogP contribution in [-0.2, 0) is 23.7 Å². The lowest BCUT2D eigenvalue weighted by Gasteiger charge is -2.18. The van der Waals surface area contributed by atoms with Crippen LogP contribution in [0.2, 0.25) is 10.0 Å². The van der Waals surface area contributed by atoms with Crippen LogP contribution in [0, 0.1) is 0 Å². The lowest BCUT2D eigenvalue weighted by molar-refractivity contribution is -0.143. The van der Waals surface area contributed by atoms with Crippen molar-refractivity contribution in [3.05, 3.63) is 68.7 Å². The van der Waals surface area contributed by atoms with E-state index in [1.807, 2.05) is 6.92 Å². The van der Waals surface area contributed by atoms with Crippen molar-refractivity contribution in [1.82, 2.24) is 0 Å². The van der Waals surface area contributed by atoms with Gasteiger partial charge in [-0.3, -0.25) is 0 Å². The quantitative estimate of drug-likeness (QED) is 0.414. The van der Waals surface area contributed by atoms with Crippen LogP contribution in [0.5, 0.6) is 0 Å². The van der Waals surface area contributed by atoms with E-state index in [2.05, 4.69) is 0 Å². The number of rotatable bonds is 6. The van der Waals surface area contributed by atoms with Gasteiger partial charge in [0.05, 0.1) is 34.4 Å². The zero-order valence-corrected chi connectivity index (χ0v) is 16.1. The Hall–Kier alpha value is -1.44. The van der Waals surface area contributed by atoms with Gasteiger partial charge in [-0.1, -0.05) is 36.2 Å². The number of halogens is 8. The minimum atomic E-state index is -4.89. The molecule has 0 N–H and O–H groups in total. The average molecular weight is 445 g/mol. The smallest absolute Gasteiger partial charge is 0.376 e. The molecule has 0 bridgehead atoms. The molecule has 0 amide bonds. The molecule has 1 atom stereocenters. The summed E-state index contributed by atoms with van der Waals surface area (Å²) < 4.78 is 82.8. The maximum Gasteiger partial charge on any atom is 0.416 e. The molecule has 0 aliphatic rings. The SMILES string of the molecule is CC[C@H](COCc1cc(C(F)(F)F)cc(C(F)(F)F)c1)c1ccc(Cl)c(Cl)c1. The van der Waals surface area contributed by atoms with Crippen LogP contribution >= 0.6 is 23.2 Å². The van der Waals surface area contributed by atoms with Gasteiger partial charge >= 0.3 is 12.4 Å². The van der Waals surface area contributed by atoms with Gasteiger partial charge in [-0.2, -0.15) is 26.3 Å². The topological polar surface area (TPSA) is 9.23 Å². The fourth-order valence-electron chi connectivity index (χ4n) is 2.64. The summed E-state index contributed by atoms with van der Waals surface area (Å²) in [7, 11) is 0. The van der Waals surface area contributed by atoms with E-state index in [0.29, 0.717) is 28.6 Å². The van der Waals surface area contributed by atoms with Gasteiger partial charge in [-0.05, 0) is 47.9 Å². The Bertz CT molecular complexity index is 785. The van der Waals surface area contributed by atoms with E-state index in [4.69, 9.17) is 27.9 Å². The number of hydrogen-bond acceptors (Lipinski definition) is 1. The van der Waals surface area contributed by atoms with Crippen molar-refractivity contribution in [2.24, 2.45) is 0 Å². The van der Waals surface area contributed by atoms with E-state index in [0.717, 1.165) is 5.56 Å². The largest absolute Gasteiger partial charge is 0.416 e. The first-order valence-electron chi connectivity index (χ1n) is 8.23. The molecular weight excluding hydrogens is 429 g/mol. The average Bonchev–Trinajstić information content (AvgIpc) is 2.59. The molecule has 2 aromatic carbocycles. The summed E-state index contributed by atoms with van der Waals surface area (Å²) in [4.78, 5) is 0. The predicted octanol–water partition coefficient (Wildman–Crippen LogP) is 7.74. The normalized spacial score (nSPS) is 13.6. The molecule has 0 spiro atoms. The summed E-state index contributed by atoms with van der Waals surface area (Å²) >= 11 is 11.8. The molecule has 0 saturated carbocycles. The summed E-state index contributed by atoms with van der Waals surface area (Å²) in [5, 5.41) is 0.732. The number of alkyl halides is 6. The van der Waals surface area contributed by atoms with E-state index in [1.165, 1.54) is 0 Å². The first kappa shape index (κ1) is 22.8. The van der Waals surface area contributed by atoms with Crippen molar-refractivity contribution in [2.45, 2.75) is 38.2 Å². The molecule has 154 valence electrons. The first-order chi connectivity index (χ1) is 12.9. The van der Waals surface area contributed by atoms with Crippen LogP contribution in [0.15, 0.2) is 36.4 Å². The Balaban J connectivity index is 2.15. The highest BCUT2D eigenvalue weighted by Crippen LogP contribution is 2.36. The van der Waals surface area contributed by atoms with Crippen LogP contribution in [0.4, 0.5) is 26.3 Å². The fraction of sp³-hybridized carbons (Fsp3) is 0.368. The monoisotopic (exact) mass is 444 g/mol. The van der Waals surface area contributed by atoms with E-state index in [1.54, 1.807) is 18.2 Å². The van der Waals surface area contributed by atoms with Gasteiger partial charge in [-0.25, -0.2) is 0 Å². The second-order valence-electron chi connectivity index (χ2n) is 6.21. The van der Waals surface area contributed by atoms with Crippen LogP contribution in [0.1, 0.15) is 41.5 Å². The Labute approximate surface area is 168 Å². The van der Waals surface area contributed by atoms with E-state index in [9.17, 15) is 26.3 Å². The second-order valence-corrected chi connectivity index (χ2v) is 7.02. The van der Waals surface area contributed by atoms with Crippen LogP contribution in [-0.4, -0.2) is 6.61 Å². The van der Waals surface area contributed by atoms with Crippen molar-refractivity contribution in [1.29, 1.82) is 0 Å². The third kappa shape index (κ3) is 6.03. The van der Waals surface area contributed by atoms with Crippen molar-refractivity contribution >= 4 is 23.2 Å². The fourth-order valence-corrected chi connectivity index (χ4v) is 2.94. The molecule has 0 fully saturated rings. The Morgan fingerprint density at radius 2 is 1.43 bits per heavy atom. The summed E-state index contributed by atoms with van der Waals surface area (Å²) in [6.45, 7) is 1.60. The van der Waals surface area contributed by atoms with Crippen molar-refractivity contribution < 1.29 is 31.1 Å². The highest BCUT2D eigenvalue weighted by atomic mass is 35.5. The lowest BCUT2D eigenvalue weighted by atomic mass is 9.97. The number of ether oxygens (including phenoxy) is 1. The molecule has 0 radical (unpaired) electrons. The van der Waals surface area contributed by atoms with E-state index < -0.39 is 23.5 Å². The molecule has 0 heterocycles. The van der Waals surface area contributed by atoms with Crippen molar-refractivity contribution in [3.8, 4) is 0 Å². The van der Waals surface area contributed by atoms with Gasteiger partial charge in [-0.15, -0.1) is 0 Å². The Kier molecular flexibility index (Phi) is 7.28. The molecule has 9 heteroatoms. The molecule has 2 rings (SSSR count). The molecule has 0 unspecified atom stereocenters. The summed E-state index contributed by atoms with van der Waals surface area (Å²) in [6, 6.07) is 6.44. The molecule has 28 heavy (non-hydrogen) atoms. The standard InChI is InChI=1S/C19H16Cl2F6O/c1-2-12(13-3-4-16(20)17(21)7-13)10-28-9-11-5-14(18(22,23)24)8-15(6-11)19(25,26)27/h3-8,12H,2,9-10H2,1H3/t12-/m1/s1.